The Morgan fingerprint density at radius 2 is 1.92 bits per heavy atom. The second kappa shape index (κ2) is 3.70. The van der Waals surface area contributed by atoms with Gasteiger partial charge >= 0.3 is 0 Å². The lowest BCUT2D eigenvalue weighted by atomic mass is 10.2. The maximum absolute atomic E-state index is 12.6. The van der Waals surface area contributed by atoms with Crippen molar-refractivity contribution in [2.24, 2.45) is 0 Å². The van der Waals surface area contributed by atoms with Crippen molar-refractivity contribution in [1.29, 1.82) is 0 Å². The Hall–Kier alpha value is -1.16. The van der Waals surface area contributed by atoms with E-state index in [9.17, 15) is 13.6 Å². The van der Waals surface area contributed by atoms with Crippen LogP contribution < -0.4 is 5.32 Å². The molecule has 0 atom stereocenters. The fourth-order valence-electron chi connectivity index (χ4n) is 0.792. The molecule has 0 aromatic heterocycles. The Morgan fingerprint density at radius 3 is 2.46 bits per heavy atom. The van der Waals surface area contributed by atoms with Crippen LogP contribution in [-0.4, -0.2) is 5.91 Å². The van der Waals surface area contributed by atoms with Gasteiger partial charge in [0.15, 0.2) is 11.6 Å². The van der Waals surface area contributed by atoms with Gasteiger partial charge < -0.3 is 5.32 Å². The molecule has 0 heterocycles. The van der Waals surface area contributed by atoms with Gasteiger partial charge in [0.05, 0.1) is 10.6 Å². The van der Waals surface area contributed by atoms with Crippen molar-refractivity contribution < 1.29 is 13.6 Å². The largest absolute Gasteiger partial charge is 0.350 e. The van der Waals surface area contributed by atoms with E-state index >= 15 is 0 Å². The lowest BCUT2D eigenvalue weighted by molar-refractivity contribution is 0.0968. The Kier molecular flexibility index (Phi) is 2.83. The minimum atomic E-state index is -1.12. The Labute approximate surface area is 78.5 Å². The summed E-state index contributed by atoms with van der Waals surface area (Å²) in [5.74, 6) is -2.88. The number of carbonyl (C=O) groups excluding carboxylic acids is 1. The summed E-state index contributed by atoms with van der Waals surface area (Å²) >= 11 is 5.48. The zero-order chi connectivity index (χ0) is 10.0. The lowest BCUT2D eigenvalue weighted by Crippen LogP contribution is -2.16. The van der Waals surface area contributed by atoms with Crippen molar-refractivity contribution in [2.45, 2.75) is 0 Å². The molecule has 0 bridgehead atoms. The van der Waals surface area contributed by atoms with Gasteiger partial charge in [-0.2, -0.15) is 0 Å². The van der Waals surface area contributed by atoms with E-state index in [-0.39, 0.29) is 10.6 Å². The van der Waals surface area contributed by atoms with Crippen molar-refractivity contribution in [3.63, 3.8) is 0 Å². The van der Waals surface area contributed by atoms with Crippen LogP contribution in [0.2, 0.25) is 5.02 Å². The fourth-order valence-corrected chi connectivity index (χ4v) is 1.03. The molecule has 2 nitrogen and oxygen atoms in total. The highest BCUT2D eigenvalue weighted by Gasteiger charge is 2.13. The first-order valence-electron chi connectivity index (χ1n) is 3.28. The van der Waals surface area contributed by atoms with Crippen molar-refractivity contribution in [3.8, 4) is 0 Å². The van der Waals surface area contributed by atoms with Gasteiger partial charge in [-0.05, 0) is 12.1 Å². The molecule has 1 rings (SSSR count). The van der Waals surface area contributed by atoms with Crippen molar-refractivity contribution >= 4 is 17.5 Å². The van der Waals surface area contributed by atoms with Crippen LogP contribution in [0.3, 0.4) is 0 Å². The van der Waals surface area contributed by atoms with Crippen LogP contribution in [0.25, 0.3) is 0 Å². The topological polar surface area (TPSA) is 29.1 Å². The number of rotatable bonds is 1. The predicted molar refractivity (Wildman–Crippen MR) is 44.2 cm³/mol. The van der Waals surface area contributed by atoms with Crippen molar-refractivity contribution in [1.82, 2.24) is 5.32 Å². The molecule has 0 fully saturated rings. The molecule has 0 aliphatic rings. The number of nitrogens with one attached hydrogen (secondary N) is 1. The zero-order valence-corrected chi connectivity index (χ0v) is 7.16. The van der Waals surface area contributed by atoms with Gasteiger partial charge in [0, 0.05) is 7.05 Å². The van der Waals surface area contributed by atoms with Crippen LogP contribution in [0.15, 0.2) is 12.1 Å². The summed E-state index contributed by atoms with van der Waals surface area (Å²) in [4.78, 5) is 11.0. The van der Waals surface area contributed by atoms with Crippen LogP contribution in [0.1, 0.15) is 10.4 Å². The molecule has 1 N–H and O–H groups in total. The predicted octanol–water partition coefficient (Wildman–Crippen LogP) is 2.14. The van der Waals surface area contributed by atoms with Crippen LogP contribution in [-0.2, 0) is 0 Å². The molecule has 1 aromatic rings. The summed E-state index contributed by atoms with van der Waals surface area (Å²) in [6, 6.07) is 1.46. The summed E-state index contributed by atoms with van der Waals surface area (Å²) in [5.41, 5.74) is -0.143. The third kappa shape index (κ3) is 1.95. The molecular weight excluding hydrogens is 200 g/mol. The van der Waals surface area contributed by atoms with Crippen LogP contribution in [0, 0.1) is 18.7 Å². The van der Waals surface area contributed by atoms with Gasteiger partial charge in [0.1, 0.15) is 0 Å². The third-order valence-electron chi connectivity index (χ3n) is 1.42. The van der Waals surface area contributed by atoms with Crippen LogP contribution in [0.4, 0.5) is 8.78 Å². The van der Waals surface area contributed by atoms with Crippen molar-refractivity contribution in [3.05, 3.63) is 41.4 Å². The van der Waals surface area contributed by atoms with Crippen molar-refractivity contribution in [2.75, 3.05) is 0 Å². The number of hydrogen-bond donors (Lipinski definition) is 1. The van der Waals surface area contributed by atoms with Gasteiger partial charge in [-0.15, -0.1) is 0 Å². The van der Waals surface area contributed by atoms with E-state index in [4.69, 9.17) is 11.6 Å². The summed E-state index contributed by atoms with van der Waals surface area (Å²) < 4.78 is 25.1. The zero-order valence-electron chi connectivity index (χ0n) is 6.40. The summed E-state index contributed by atoms with van der Waals surface area (Å²) in [7, 11) is 3.08. The molecular formula is C8H5ClF2NO. The molecule has 69 valence electrons. The first-order valence-corrected chi connectivity index (χ1v) is 3.66. The van der Waals surface area contributed by atoms with Gasteiger partial charge in [-0.25, -0.2) is 8.78 Å². The van der Waals surface area contributed by atoms with Gasteiger partial charge in [0.2, 0.25) is 0 Å². The maximum atomic E-state index is 12.6. The highest BCUT2D eigenvalue weighted by atomic mass is 35.5. The van der Waals surface area contributed by atoms with E-state index in [1.54, 1.807) is 0 Å². The van der Waals surface area contributed by atoms with E-state index in [1.807, 2.05) is 5.32 Å². The third-order valence-corrected chi connectivity index (χ3v) is 1.73. The minimum Gasteiger partial charge on any atom is -0.350 e. The van der Waals surface area contributed by atoms with Gasteiger partial charge in [-0.1, -0.05) is 11.6 Å². The standard InChI is InChI=1S/C8H5ClF2NO/c1-12-8(13)4-2-6(10)7(11)3-5(4)9/h2-3H,1H2,(H,12,13). The van der Waals surface area contributed by atoms with Crippen LogP contribution in [0.5, 0.6) is 0 Å². The van der Waals surface area contributed by atoms with Gasteiger partial charge in [-0.3, -0.25) is 4.79 Å². The first kappa shape index (κ1) is 9.92. The average molecular weight is 205 g/mol. The highest BCUT2D eigenvalue weighted by molar-refractivity contribution is 6.33. The first-order chi connectivity index (χ1) is 6.06. The lowest BCUT2D eigenvalue weighted by Gasteiger charge is -2.02. The molecule has 0 saturated carbocycles. The summed E-state index contributed by atoms with van der Waals surface area (Å²) in [5, 5.41) is 1.85. The smallest absolute Gasteiger partial charge is 0.252 e. The molecule has 0 aliphatic carbocycles. The molecule has 0 saturated heterocycles. The van der Waals surface area contributed by atoms with Crippen LogP contribution >= 0.6 is 11.6 Å². The Bertz CT molecular complexity index is 354. The SMILES string of the molecule is [CH2]NC(=O)c1cc(F)c(F)cc1Cl. The number of carbonyl (C=O) groups is 1. The number of benzene rings is 1. The quantitative estimate of drug-likeness (QED) is 0.698. The Morgan fingerprint density at radius 1 is 1.38 bits per heavy atom. The average Bonchev–Trinajstić information content (AvgIpc) is 2.10. The van der Waals surface area contributed by atoms with E-state index in [2.05, 4.69) is 7.05 Å². The number of hydrogen-bond acceptors (Lipinski definition) is 1. The monoisotopic (exact) mass is 204 g/mol. The van der Waals surface area contributed by atoms with E-state index in [0.29, 0.717) is 0 Å². The molecule has 0 spiro atoms. The summed E-state index contributed by atoms with van der Waals surface area (Å²) in [6.45, 7) is 0. The fraction of sp³-hybridized carbons (Fsp3) is 0. The van der Waals surface area contributed by atoms with E-state index in [1.165, 1.54) is 0 Å². The molecule has 1 aromatic carbocycles. The molecule has 0 aliphatic heterocycles. The minimum absolute atomic E-state index is 0.143. The number of amides is 1. The Balaban J connectivity index is 3.23. The second-order valence-corrected chi connectivity index (χ2v) is 2.66. The number of halogens is 3. The molecule has 1 radical (unpaired) electrons. The maximum Gasteiger partial charge on any atom is 0.252 e. The normalized spacial score (nSPS) is 9.85. The van der Waals surface area contributed by atoms with E-state index in [0.717, 1.165) is 12.1 Å². The molecule has 0 unspecified atom stereocenters. The molecule has 1 amide bonds. The van der Waals surface area contributed by atoms with E-state index < -0.39 is 17.5 Å². The molecule has 5 heteroatoms. The highest BCUT2D eigenvalue weighted by Crippen LogP contribution is 2.19. The summed E-state index contributed by atoms with van der Waals surface area (Å²) in [6.07, 6.45) is 0. The van der Waals surface area contributed by atoms with Gasteiger partial charge in [0.25, 0.3) is 5.91 Å². The molecule has 13 heavy (non-hydrogen) atoms. The second-order valence-electron chi connectivity index (χ2n) is 2.25.